The van der Waals surface area contributed by atoms with Crippen molar-refractivity contribution in [3.05, 3.63) is 38.0 Å². The van der Waals surface area contributed by atoms with Crippen molar-refractivity contribution in [2.75, 3.05) is 6.54 Å². The molecular formula is C16H22N2S2. The third kappa shape index (κ3) is 3.30. The molecule has 3 rings (SSSR count). The van der Waals surface area contributed by atoms with E-state index >= 15 is 0 Å². The molecule has 2 nitrogen and oxygen atoms in total. The topological polar surface area (TPSA) is 24.9 Å². The molecule has 0 amide bonds. The molecule has 0 saturated heterocycles. The predicted molar refractivity (Wildman–Crippen MR) is 87.8 cm³/mol. The van der Waals surface area contributed by atoms with E-state index in [9.17, 15) is 0 Å². The molecule has 0 radical (unpaired) electrons. The van der Waals surface area contributed by atoms with Gasteiger partial charge < -0.3 is 5.32 Å². The van der Waals surface area contributed by atoms with Crippen LogP contribution in [0.1, 0.15) is 52.4 Å². The van der Waals surface area contributed by atoms with Crippen LogP contribution >= 0.6 is 22.7 Å². The maximum Gasteiger partial charge on any atom is 0.0794 e. The Morgan fingerprint density at radius 2 is 2.25 bits per heavy atom. The van der Waals surface area contributed by atoms with Gasteiger partial charge in [0.25, 0.3) is 0 Å². The van der Waals surface area contributed by atoms with Crippen LogP contribution in [0.3, 0.4) is 0 Å². The Balaban J connectivity index is 1.78. The highest BCUT2D eigenvalue weighted by Crippen LogP contribution is 2.34. The van der Waals surface area contributed by atoms with E-state index in [1.165, 1.54) is 41.9 Å². The number of thiazole rings is 1. The Morgan fingerprint density at radius 3 is 3.00 bits per heavy atom. The van der Waals surface area contributed by atoms with E-state index in [2.05, 4.69) is 23.3 Å². The molecule has 1 aliphatic rings. The van der Waals surface area contributed by atoms with E-state index in [1.807, 2.05) is 23.0 Å². The standard InChI is InChI=1S/C16H22N2S2/c1-2-7-18-14(9-13-10-17-11-19-13)16-8-12-5-3-4-6-15(12)20-16/h8,10-11,14,18H,2-7,9H2,1H3. The summed E-state index contributed by atoms with van der Waals surface area (Å²) in [4.78, 5) is 8.75. The van der Waals surface area contributed by atoms with Gasteiger partial charge in [0.05, 0.1) is 5.51 Å². The minimum absolute atomic E-state index is 0.464. The molecule has 0 aliphatic heterocycles. The van der Waals surface area contributed by atoms with Crippen LogP contribution in [0, 0.1) is 0 Å². The predicted octanol–water partition coefficient (Wildman–Crippen LogP) is 4.37. The van der Waals surface area contributed by atoms with Crippen LogP contribution < -0.4 is 5.32 Å². The number of aromatic nitrogens is 1. The first kappa shape index (κ1) is 14.2. The molecule has 1 atom stereocenters. The first-order chi connectivity index (χ1) is 9.86. The van der Waals surface area contributed by atoms with E-state index in [0.29, 0.717) is 6.04 Å². The van der Waals surface area contributed by atoms with Gasteiger partial charge in [-0.05, 0) is 50.3 Å². The van der Waals surface area contributed by atoms with E-state index in [1.54, 1.807) is 21.8 Å². The second-order valence-electron chi connectivity index (χ2n) is 5.48. The zero-order valence-electron chi connectivity index (χ0n) is 12.0. The van der Waals surface area contributed by atoms with Crippen molar-refractivity contribution in [2.24, 2.45) is 0 Å². The number of aryl methyl sites for hydroxylation is 2. The molecule has 0 saturated carbocycles. The van der Waals surface area contributed by atoms with E-state index in [0.717, 1.165) is 13.0 Å². The largest absolute Gasteiger partial charge is 0.309 e. The monoisotopic (exact) mass is 306 g/mol. The molecule has 0 spiro atoms. The van der Waals surface area contributed by atoms with Gasteiger partial charge in [-0.3, -0.25) is 4.98 Å². The number of nitrogens with one attached hydrogen (secondary N) is 1. The SMILES string of the molecule is CCCNC(Cc1cncs1)c1cc2c(s1)CCCC2. The lowest BCUT2D eigenvalue weighted by Gasteiger charge is -2.16. The number of fused-ring (bicyclic) bond motifs is 1. The van der Waals surface area contributed by atoms with Crippen molar-refractivity contribution in [1.29, 1.82) is 0 Å². The molecule has 2 aromatic rings. The molecule has 2 aromatic heterocycles. The fraction of sp³-hybridized carbons (Fsp3) is 0.562. The minimum atomic E-state index is 0.464. The molecule has 1 N–H and O–H groups in total. The lowest BCUT2D eigenvalue weighted by atomic mass is 9.98. The molecular weight excluding hydrogens is 284 g/mol. The first-order valence-electron chi connectivity index (χ1n) is 7.59. The highest BCUT2D eigenvalue weighted by Gasteiger charge is 2.19. The van der Waals surface area contributed by atoms with Gasteiger partial charge in [-0.2, -0.15) is 0 Å². The summed E-state index contributed by atoms with van der Waals surface area (Å²) in [6.45, 7) is 3.32. The average molecular weight is 307 g/mol. The van der Waals surface area contributed by atoms with Gasteiger partial charge in [-0.15, -0.1) is 22.7 Å². The summed E-state index contributed by atoms with van der Waals surface area (Å²) in [7, 11) is 0. The molecule has 4 heteroatoms. The Bertz CT molecular complexity index is 507. The van der Waals surface area contributed by atoms with Crippen molar-refractivity contribution in [2.45, 2.75) is 51.5 Å². The Labute approximate surface area is 129 Å². The van der Waals surface area contributed by atoms with Gasteiger partial charge in [0.1, 0.15) is 0 Å². The van der Waals surface area contributed by atoms with Crippen LogP contribution in [0.5, 0.6) is 0 Å². The Morgan fingerprint density at radius 1 is 1.35 bits per heavy atom. The molecule has 20 heavy (non-hydrogen) atoms. The van der Waals surface area contributed by atoms with E-state index in [-0.39, 0.29) is 0 Å². The van der Waals surface area contributed by atoms with Gasteiger partial charge in [0.2, 0.25) is 0 Å². The number of rotatable bonds is 6. The van der Waals surface area contributed by atoms with E-state index < -0.39 is 0 Å². The highest BCUT2D eigenvalue weighted by molar-refractivity contribution is 7.12. The second-order valence-corrected chi connectivity index (χ2v) is 7.62. The Hall–Kier alpha value is -0.710. The summed E-state index contributed by atoms with van der Waals surface area (Å²) >= 11 is 3.81. The van der Waals surface area contributed by atoms with Crippen molar-refractivity contribution >= 4 is 22.7 Å². The van der Waals surface area contributed by atoms with E-state index in [4.69, 9.17) is 0 Å². The normalized spacial score (nSPS) is 16.1. The van der Waals surface area contributed by atoms with Crippen molar-refractivity contribution in [3.63, 3.8) is 0 Å². The zero-order valence-corrected chi connectivity index (χ0v) is 13.7. The zero-order chi connectivity index (χ0) is 13.8. The molecule has 2 heterocycles. The summed E-state index contributed by atoms with van der Waals surface area (Å²) in [5.41, 5.74) is 3.55. The first-order valence-corrected chi connectivity index (χ1v) is 9.28. The fourth-order valence-corrected chi connectivity index (χ4v) is 4.80. The van der Waals surface area contributed by atoms with Gasteiger partial charge in [-0.25, -0.2) is 0 Å². The lowest BCUT2D eigenvalue weighted by molar-refractivity contribution is 0.539. The van der Waals surface area contributed by atoms with Gasteiger partial charge >= 0.3 is 0 Å². The minimum Gasteiger partial charge on any atom is -0.309 e. The number of hydrogen-bond donors (Lipinski definition) is 1. The summed E-state index contributed by atoms with van der Waals surface area (Å²) in [6.07, 6.45) is 9.58. The van der Waals surface area contributed by atoms with Crippen molar-refractivity contribution in [3.8, 4) is 0 Å². The number of hydrogen-bond acceptors (Lipinski definition) is 4. The molecule has 0 fully saturated rings. The van der Waals surface area contributed by atoms with Gasteiger partial charge in [-0.1, -0.05) is 6.92 Å². The maximum absolute atomic E-state index is 4.21. The van der Waals surface area contributed by atoms with Crippen LogP contribution in [0.15, 0.2) is 17.8 Å². The van der Waals surface area contributed by atoms with Crippen LogP contribution in [0.25, 0.3) is 0 Å². The number of nitrogens with zero attached hydrogens (tertiary/aromatic N) is 1. The van der Waals surface area contributed by atoms with Crippen molar-refractivity contribution in [1.82, 2.24) is 10.3 Å². The summed E-state index contributed by atoms with van der Waals surface area (Å²) in [6, 6.07) is 2.93. The fourth-order valence-electron chi connectivity index (χ4n) is 2.82. The quantitative estimate of drug-likeness (QED) is 0.857. The van der Waals surface area contributed by atoms with Crippen LogP contribution in [-0.2, 0) is 19.3 Å². The highest BCUT2D eigenvalue weighted by atomic mass is 32.1. The summed E-state index contributed by atoms with van der Waals surface area (Å²) in [5.74, 6) is 0. The van der Waals surface area contributed by atoms with Crippen LogP contribution in [0.2, 0.25) is 0 Å². The molecule has 1 aliphatic carbocycles. The van der Waals surface area contributed by atoms with Crippen LogP contribution in [0.4, 0.5) is 0 Å². The summed E-state index contributed by atoms with van der Waals surface area (Å²) < 4.78 is 0. The average Bonchev–Trinajstić information content (AvgIpc) is 3.12. The third-order valence-corrected chi connectivity index (χ3v) is 6.04. The molecule has 0 bridgehead atoms. The second kappa shape index (κ2) is 6.83. The lowest BCUT2D eigenvalue weighted by Crippen LogP contribution is -2.23. The molecule has 1 unspecified atom stereocenters. The summed E-state index contributed by atoms with van der Waals surface area (Å²) in [5, 5.41) is 3.72. The van der Waals surface area contributed by atoms with Crippen molar-refractivity contribution < 1.29 is 0 Å². The van der Waals surface area contributed by atoms with Gasteiger partial charge in [0, 0.05) is 33.3 Å². The van der Waals surface area contributed by atoms with Crippen LogP contribution in [-0.4, -0.2) is 11.5 Å². The molecule has 108 valence electrons. The van der Waals surface area contributed by atoms with Gasteiger partial charge in [0.15, 0.2) is 0 Å². The number of thiophene rings is 1. The molecule has 0 aromatic carbocycles. The maximum atomic E-state index is 4.21. The smallest absolute Gasteiger partial charge is 0.0794 e. The Kier molecular flexibility index (Phi) is 4.86. The third-order valence-electron chi connectivity index (χ3n) is 3.89.